The van der Waals surface area contributed by atoms with Crippen LogP contribution in [0, 0.1) is 19.5 Å². The molecule has 0 saturated heterocycles. The molecule has 31 heavy (non-hydrogen) atoms. The van der Waals surface area contributed by atoms with Crippen LogP contribution in [0.15, 0.2) is 94.5 Å². The Morgan fingerprint density at radius 3 is 1.26 bits per heavy atom. The summed E-state index contributed by atoms with van der Waals surface area (Å²) in [4.78, 5) is 26.6. The fourth-order valence-electron chi connectivity index (χ4n) is 5.09. The van der Waals surface area contributed by atoms with Gasteiger partial charge in [0.05, 0.1) is 0 Å². The van der Waals surface area contributed by atoms with E-state index in [0.29, 0.717) is 0 Å². The fourth-order valence-corrected chi connectivity index (χ4v) is 6.21. The Hall–Kier alpha value is -3.82. The van der Waals surface area contributed by atoms with Gasteiger partial charge < -0.3 is 0 Å². The molecule has 0 N–H and O–H groups in total. The van der Waals surface area contributed by atoms with Crippen LogP contribution in [0.4, 0.5) is 0 Å². The maximum Gasteiger partial charge on any atom is 0.195 e. The summed E-state index contributed by atoms with van der Waals surface area (Å²) >= 11 is 1.53. The summed E-state index contributed by atoms with van der Waals surface area (Å²) in [5.41, 5.74) is 0.127. The topological polar surface area (TPSA) is 34.1 Å². The fraction of sp³-hybridized carbons (Fsp3) is 0. The lowest BCUT2D eigenvalue weighted by Crippen LogP contribution is -1.95. The highest BCUT2D eigenvalue weighted by molar-refractivity contribution is 7.08. The predicted octanol–water partition coefficient (Wildman–Crippen LogP) is 5.97. The minimum absolute atomic E-state index is 0.0633. The molecule has 0 bridgehead atoms. The van der Waals surface area contributed by atoms with Crippen molar-refractivity contribution in [1.29, 1.82) is 0 Å². The molecular formula is C28H14O2S. The highest BCUT2D eigenvalue weighted by atomic mass is 32.1. The minimum atomic E-state index is 0.0633. The molecule has 0 radical (unpaired) electrons. The van der Waals surface area contributed by atoms with Gasteiger partial charge in [0.15, 0.2) is 10.9 Å². The molecule has 7 aromatic rings. The summed E-state index contributed by atoms with van der Waals surface area (Å²) in [6.07, 6.45) is 0. The number of thiophene rings is 1. The molecule has 2 nitrogen and oxygen atoms in total. The van der Waals surface area contributed by atoms with E-state index in [4.69, 9.17) is 0 Å². The van der Waals surface area contributed by atoms with Crippen LogP contribution in [0.25, 0.3) is 43.1 Å². The Bertz CT molecular complexity index is 1930. The second kappa shape index (κ2) is 5.87. The van der Waals surface area contributed by atoms with Gasteiger partial charge in [0.1, 0.15) is 0 Å². The highest BCUT2D eigenvalue weighted by Gasteiger charge is 2.13. The van der Waals surface area contributed by atoms with Crippen LogP contribution in [-0.2, 0) is 0 Å². The molecule has 1 aromatic heterocycles. The quantitative estimate of drug-likeness (QED) is 0.306. The molecule has 0 saturated carbocycles. The first-order valence-electron chi connectivity index (χ1n) is 10.2. The normalized spacial score (nSPS) is 14.5. The van der Waals surface area contributed by atoms with Crippen molar-refractivity contribution < 1.29 is 0 Å². The van der Waals surface area contributed by atoms with Gasteiger partial charge in [-0.15, -0.1) is 11.3 Å². The summed E-state index contributed by atoms with van der Waals surface area (Å²) in [6.45, 7) is 0. The predicted molar refractivity (Wildman–Crippen MR) is 129 cm³/mol. The molecule has 0 aliphatic rings. The van der Waals surface area contributed by atoms with Gasteiger partial charge in [0.2, 0.25) is 0 Å². The van der Waals surface area contributed by atoms with Crippen LogP contribution in [0.1, 0.15) is 0 Å². The van der Waals surface area contributed by atoms with E-state index in [2.05, 4.69) is 0 Å². The zero-order valence-corrected chi connectivity index (χ0v) is 17.1. The van der Waals surface area contributed by atoms with E-state index in [1.807, 2.05) is 84.9 Å². The van der Waals surface area contributed by atoms with Crippen molar-refractivity contribution in [3.63, 3.8) is 0 Å². The molecular weight excluding hydrogens is 400 g/mol. The molecule has 0 aliphatic carbocycles. The largest absolute Gasteiger partial charge is 0.289 e. The molecule has 1 heterocycles. The first-order valence-corrected chi connectivity index (χ1v) is 11.0. The van der Waals surface area contributed by atoms with Crippen molar-refractivity contribution in [1.82, 2.24) is 0 Å². The van der Waals surface area contributed by atoms with Crippen LogP contribution in [0.2, 0.25) is 0 Å². The van der Waals surface area contributed by atoms with Crippen molar-refractivity contribution in [2.24, 2.45) is 0 Å². The third-order valence-corrected chi connectivity index (χ3v) is 7.51. The molecule has 0 atom stereocenters. The third-order valence-electron chi connectivity index (χ3n) is 6.39. The minimum Gasteiger partial charge on any atom is -0.289 e. The van der Waals surface area contributed by atoms with Gasteiger partial charge in [-0.3, -0.25) is 9.59 Å². The smallest absolute Gasteiger partial charge is 0.195 e. The summed E-state index contributed by atoms with van der Waals surface area (Å²) in [5.74, 6) is 0. The summed E-state index contributed by atoms with van der Waals surface area (Å²) < 4.78 is 1.82. The third kappa shape index (κ3) is 2.11. The maximum absolute atomic E-state index is 13.3. The number of rotatable bonds is 0. The molecule has 0 unspecified atom stereocenters. The zero-order valence-electron chi connectivity index (χ0n) is 16.3. The molecule has 7 rings (SSSR count). The molecule has 3 heteroatoms. The Balaban J connectivity index is 1.76. The first kappa shape index (κ1) is 16.9. The van der Waals surface area contributed by atoms with Crippen molar-refractivity contribution >= 4 is 54.4 Å². The molecule has 0 aliphatic heterocycles. The first-order chi connectivity index (χ1) is 15.2. The lowest BCUT2D eigenvalue weighted by Gasteiger charge is -1.96. The van der Waals surface area contributed by atoms with E-state index < -0.39 is 0 Å². The number of hydrogen-bond acceptors (Lipinski definition) is 3. The summed E-state index contributed by atoms with van der Waals surface area (Å²) in [6, 6.07) is 27.9. The maximum atomic E-state index is 13.3. The number of hydrogen-bond donors (Lipinski definition) is 0. The van der Waals surface area contributed by atoms with Crippen LogP contribution in [0.3, 0.4) is 0 Å². The van der Waals surface area contributed by atoms with Gasteiger partial charge in [-0.05, 0) is 33.7 Å². The average Bonchev–Trinajstić information content (AvgIpc) is 3.45. The molecule has 6 aromatic carbocycles. The van der Waals surface area contributed by atoms with Gasteiger partial charge in [0.25, 0.3) is 0 Å². The monoisotopic (exact) mass is 414 g/mol. The van der Waals surface area contributed by atoms with Crippen LogP contribution >= 0.6 is 11.3 Å². The van der Waals surface area contributed by atoms with Crippen LogP contribution in [-0.4, -0.2) is 0 Å². The van der Waals surface area contributed by atoms with E-state index >= 15 is 0 Å². The van der Waals surface area contributed by atoms with E-state index in [0.717, 1.165) is 62.6 Å². The highest BCUT2D eigenvalue weighted by Crippen LogP contribution is 2.29. The Morgan fingerprint density at radius 2 is 0.839 bits per heavy atom. The van der Waals surface area contributed by atoms with E-state index in [1.54, 1.807) is 0 Å². The van der Waals surface area contributed by atoms with Crippen molar-refractivity contribution in [2.45, 2.75) is 0 Å². The van der Waals surface area contributed by atoms with Gasteiger partial charge in [0, 0.05) is 41.0 Å². The second-order valence-electron chi connectivity index (χ2n) is 7.99. The summed E-state index contributed by atoms with van der Waals surface area (Å²) in [7, 11) is 0. The lowest BCUT2D eigenvalue weighted by atomic mass is 10.1. The molecule has 0 spiro atoms. The Kier molecular flexibility index (Phi) is 3.20. The molecule has 144 valence electrons. The SMILES string of the molecule is O=c1/c(=c2/cc/c(=c3/c(=O)c4cccc5cccc3c54)s2)c2cccc3cccc1c32. The average molecular weight is 414 g/mol. The Morgan fingerprint density at radius 1 is 0.452 bits per heavy atom. The zero-order chi connectivity index (χ0) is 20.7. The van der Waals surface area contributed by atoms with E-state index in [-0.39, 0.29) is 10.9 Å². The number of benzene rings is 4. The molecule has 0 amide bonds. The summed E-state index contributed by atoms with van der Waals surface area (Å²) in [5, 5.41) is 9.20. The van der Waals surface area contributed by atoms with Crippen molar-refractivity contribution in [2.75, 3.05) is 0 Å². The lowest BCUT2D eigenvalue weighted by molar-refractivity contribution is 1.62. The van der Waals surface area contributed by atoms with Crippen LogP contribution < -0.4 is 10.9 Å². The van der Waals surface area contributed by atoms with Gasteiger partial charge in [-0.25, -0.2) is 0 Å². The Labute approximate surface area is 179 Å². The van der Waals surface area contributed by atoms with E-state index in [1.165, 1.54) is 11.3 Å². The van der Waals surface area contributed by atoms with Gasteiger partial charge in [-0.1, -0.05) is 72.8 Å². The van der Waals surface area contributed by atoms with E-state index in [9.17, 15) is 9.59 Å². The molecule has 0 fully saturated rings. The van der Waals surface area contributed by atoms with Crippen molar-refractivity contribution in [3.8, 4) is 0 Å². The van der Waals surface area contributed by atoms with Crippen molar-refractivity contribution in [3.05, 3.63) is 125 Å². The van der Waals surface area contributed by atoms with Gasteiger partial charge in [-0.2, -0.15) is 0 Å². The van der Waals surface area contributed by atoms with Crippen LogP contribution in [0.5, 0.6) is 0 Å². The van der Waals surface area contributed by atoms with Gasteiger partial charge >= 0.3 is 0 Å². The standard InChI is InChI=1S/C28H14O2S/c29-27-19-11-3-7-15-5-1-9-17(23(15)19)25(27)21-13-14-22(31-21)26-18-10-2-6-16-8-4-12-20(24(16)18)28(26)30/h1-14H/b25-21-,26-22-. The second-order valence-corrected chi connectivity index (χ2v) is 9.07.